The molecule has 25 heavy (non-hydrogen) atoms. The number of fused-ring (bicyclic) bond motifs is 1. The second-order valence-electron chi connectivity index (χ2n) is 5.78. The number of thiophene rings is 1. The molecule has 1 aliphatic heterocycles. The van der Waals surface area contributed by atoms with E-state index in [0.29, 0.717) is 23.9 Å². The minimum Gasteiger partial charge on any atom is -0.383 e. The molecule has 0 aliphatic carbocycles. The molecule has 0 saturated heterocycles. The van der Waals surface area contributed by atoms with Crippen molar-refractivity contribution < 1.29 is 9.53 Å². The van der Waals surface area contributed by atoms with Crippen LogP contribution in [0.25, 0.3) is 10.6 Å². The summed E-state index contributed by atoms with van der Waals surface area (Å²) in [5, 5.41) is 10.0. The van der Waals surface area contributed by atoms with Gasteiger partial charge in [-0.25, -0.2) is 0 Å². The van der Waals surface area contributed by atoms with E-state index >= 15 is 0 Å². The lowest BCUT2D eigenvalue weighted by atomic mass is 9.98. The lowest BCUT2D eigenvalue weighted by Gasteiger charge is -2.26. The monoisotopic (exact) mass is 373 g/mol. The first-order valence-corrected chi connectivity index (χ1v) is 9.14. The van der Waals surface area contributed by atoms with Crippen molar-refractivity contribution in [3.05, 3.63) is 63.6 Å². The number of nitrogens with one attached hydrogen (secondary N) is 1. The van der Waals surface area contributed by atoms with Gasteiger partial charge in [0.05, 0.1) is 23.2 Å². The summed E-state index contributed by atoms with van der Waals surface area (Å²) in [4.78, 5) is 15.8. The third-order valence-electron chi connectivity index (χ3n) is 4.34. The van der Waals surface area contributed by atoms with Gasteiger partial charge in [-0.3, -0.25) is 9.89 Å². The summed E-state index contributed by atoms with van der Waals surface area (Å²) in [5.41, 5.74) is 3.32. The van der Waals surface area contributed by atoms with Crippen LogP contribution >= 0.6 is 22.9 Å². The molecule has 3 heterocycles. The van der Waals surface area contributed by atoms with Gasteiger partial charge in [0.1, 0.15) is 0 Å². The molecule has 0 radical (unpaired) electrons. The Labute approximate surface area is 154 Å². The maximum Gasteiger partial charge on any atom is 0.275 e. The SMILES string of the molecule is COCCN1C(=O)c2n[nH]c(-c3cccs3)c2[C@@H]1c1ccc(Cl)cc1. The first-order chi connectivity index (χ1) is 12.2. The van der Waals surface area contributed by atoms with E-state index in [9.17, 15) is 4.79 Å². The summed E-state index contributed by atoms with van der Waals surface area (Å²) >= 11 is 7.66. The van der Waals surface area contributed by atoms with Crippen LogP contribution in [0.15, 0.2) is 41.8 Å². The molecule has 5 nitrogen and oxygen atoms in total. The molecule has 0 unspecified atom stereocenters. The number of hydrogen-bond donors (Lipinski definition) is 1. The average Bonchev–Trinajstić information content (AvgIpc) is 3.32. The second-order valence-corrected chi connectivity index (χ2v) is 7.17. The summed E-state index contributed by atoms with van der Waals surface area (Å²) in [5.74, 6) is -0.0777. The van der Waals surface area contributed by atoms with E-state index in [0.717, 1.165) is 21.7 Å². The van der Waals surface area contributed by atoms with Crippen molar-refractivity contribution in [2.75, 3.05) is 20.3 Å². The standard InChI is InChI=1S/C18H16ClN3O2S/c1-24-9-8-22-17(11-4-6-12(19)7-5-11)14-15(13-3-2-10-25-13)20-21-16(14)18(22)23/h2-7,10,17H,8-9H2,1H3,(H,20,21)/t17-/m0/s1. The minimum absolute atomic E-state index is 0.0777. The molecule has 1 aliphatic rings. The van der Waals surface area contributed by atoms with E-state index in [-0.39, 0.29) is 11.9 Å². The summed E-state index contributed by atoms with van der Waals surface area (Å²) in [6, 6.07) is 11.4. The first-order valence-electron chi connectivity index (χ1n) is 7.88. The van der Waals surface area contributed by atoms with Crippen LogP contribution in [0.5, 0.6) is 0 Å². The van der Waals surface area contributed by atoms with Crippen molar-refractivity contribution in [3.8, 4) is 10.6 Å². The zero-order valence-electron chi connectivity index (χ0n) is 13.5. The molecule has 4 rings (SSSR count). The highest BCUT2D eigenvalue weighted by Crippen LogP contribution is 2.43. The van der Waals surface area contributed by atoms with E-state index < -0.39 is 0 Å². The van der Waals surface area contributed by atoms with Gasteiger partial charge in [-0.15, -0.1) is 11.3 Å². The van der Waals surface area contributed by atoms with Crippen LogP contribution < -0.4 is 0 Å². The Kier molecular flexibility index (Phi) is 4.33. The largest absolute Gasteiger partial charge is 0.383 e. The number of rotatable bonds is 5. The number of methoxy groups -OCH3 is 1. The fraction of sp³-hybridized carbons (Fsp3) is 0.222. The van der Waals surface area contributed by atoms with Crippen molar-refractivity contribution in [2.45, 2.75) is 6.04 Å². The van der Waals surface area contributed by atoms with Crippen molar-refractivity contribution in [2.24, 2.45) is 0 Å². The fourth-order valence-electron chi connectivity index (χ4n) is 3.21. The maximum atomic E-state index is 12.9. The lowest BCUT2D eigenvalue weighted by Crippen LogP contribution is -2.32. The maximum absolute atomic E-state index is 12.9. The molecule has 0 saturated carbocycles. The molecule has 2 aromatic heterocycles. The van der Waals surface area contributed by atoms with Crippen molar-refractivity contribution in [3.63, 3.8) is 0 Å². The zero-order valence-corrected chi connectivity index (χ0v) is 15.1. The Balaban J connectivity index is 1.85. The van der Waals surface area contributed by atoms with Crippen molar-refractivity contribution in [1.29, 1.82) is 0 Å². The number of nitrogens with zero attached hydrogens (tertiary/aromatic N) is 2. The Hall–Kier alpha value is -2.15. The van der Waals surface area contributed by atoms with Gasteiger partial charge in [-0.05, 0) is 29.1 Å². The Morgan fingerprint density at radius 1 is 1.32 bits per heavy atom. The van der Waals surface area contributed by atoms with Crippen LogP contribution in [0.2, 0.25) is 5.02 Å². The van der Waals surface area contributed by atoms with Gasteiger partial charge in [0.2, 0.25) is 0 Å². The van der Waals surface area contributed by atoms with Gasteiger partial charge in [-0.1, -0.05) is 29.8 Å². The molecule has 1 amide bonds. The molecule has 3 aromatic rings. The van der Waals surface area contributed by atoms with Crippen LogP contribution in [0.4, 0.5) is 0 Å². The van der Waals surface area contributed by atoms with Crippen LogP contribution in [0, 0.1) is 0 Å². The topological polar surface area (TPSA) is 58.2 Å². The zero-order chi connectivity index (χ0) is 17.4. The number of aromatic nitrogens is 2. The highest BCUT2D eigenvalue weighted by atomic mass is 35.5. The number of benzene rings is 1. The summed E-state index contributed by atoms with van der Waals surface area (Å²) in [6.07, 6.45) is 0. The normalized spacial score (nSPS) is 16.5. The van der Waals surface area contributed by atoms with Gasteiger partial charge >= 0.3 is 0 Å². The molecule has 7 heteroatoms. The van der Waals surface area contributed by atoms with E-state index in [4.69, 9.17) is 16.3 Å². The number of carbonyl (C=O) groups is 1. The molecule has 128 valence electrons. The molecule has 1 aromatic carbocycles. The highest BCUT2D eigenvalue weighted by molar-refractivity contribution is 7.13. The van der Waals surface area contributed by atoms with E-state index in [1.165, 1.54) is 0 Å². The second kappa shape index (κ2) is 6.63. The molecule has 1 atom stereocenters. The molecule has 0 spiro atoms. The van der Waals surface area contributed by atoms with E-state index in [2.05, 4.69) is 10.2 Å². The average molecular weight is 374 g/mol. The van der Waals surface area contributed by atoms with Gasteiger partial charge < -0.3 is 9.64 Å². The smallest absolute Gasteiger partial charge is 0.275 e. The quantitative estimate of drug-likeness (QED) is 0.735. The van der Waals surface area contributed by atoms with E-state index in [1.807, 2.05) is 46.7 Å². The summed E-state index contributed by atoms with van der Waals surface area (Å²) in [6.45, 7) is 0.973. The number of halogens is 1. The third kappa shape index (κ3) is 2.76. The van der Waals surface area contributed by atoms with E-state index in [1.54, 1.807) is 18.4 Å². The van der Waals surface area contributed by atoms with Crippen molar-refractivity contribution in [1.82, 2.24) is 15.1 Å². The predicted molar refractivity (Wildman–Crippen MR) is 98.1 cm³/mol. The Bertz CT molecular complexity index is 890. The Morgan fingerprint density at radius 2 is 2.12 bits per heavy atom. The number of ether oxygens (including phenoxy) is 1. The third-order valence-corrected chi connectivity index (χ3v) is 5.48. The lowest BCUT2D eigenvalue weighted by molar-refractivity contribution is 0.0677. The Morgan fingerprint density at radius 3 is 2.80 bits per heavy atom. The summed E-state index contributed by atoms with van der Waals surface area (Å²) in [7, 11) is 1.63. The molecule has 1 N–H and O–H groups in total. The number of aromatic amines is 1. The fourth-order valence-corrected chi connectivity index (χ4v) is 4.07. The highest BCUT2D eigenvalue weighted by Gasteiger charge is 2.42. The number of hydrogen-bond acceptors (Lipinski definition) is 4. The van der Waals surface area contributed by atoms with Gasteiger partial charge in [0, 0.05) is 24.2 Å². The number of carbonyl (C=O) groups excluding carboxylic acids is 1. The number of H-pyrrole nitrogens is 1. The summed E-state index contributed by atoms with van der Waals surface area (Å²) < 4.78 is 5.19. The molecule has 0 bridgehead atoms. The first kappa shape index (κ1) is 16.3. The van der Waals surface area contributed by atoms with Gasteiger partial charge in [0.25, 0.3) is 5.91 Å². The predicted octanol–water partition coefficient (Wildman–Crippen LogP) is 3.98. The van der Waals surface area contributed by atoms with Gasteiger partial charge in [0.15, 0.2) is 5.69 Å². The van der Waals surface area contributed by atoms with Crippen LogP contribution in [-0.2, 0) is 4.74 Å². The van der Waals surface area contributed by atoms with Crippen molar-refractivity contribution >= 4 is 28.8 Å². The van der Waals surface area contributed by atoms with Crippen LogP contribution in [-0.4, -0.2) is 41.3 Å². The van der Waals surface area contributed by atoms with Crippen LogP contribution in [0.3, 0.4) is 0 Å². The molecular weight excluding hydrogens is 358 g/mol. The molecule has 0 fully saturated rings. The molecular formula is C18H16ClN3O2S. The number of amides is 1. The van der Waals surface area contributed by atoms with Crippen LogP contribution in [0.1, 0.15) is 27.7 Å². The van der Waals surface area contributed by atoms with Gasteiger partial charge in [-0.2, -0.15) is 5.10 Å². The minimum atomic E-state index is -0.203.